The second kappa shape index (κ2) is 8.09. The lowest BCUT2D eigenvalue weighted by Crippen LogP contribution is -2.30. The Bertz CT molecular complexity index is 1210. The standard InChI is InChI=1S/C20H19BFN5O3/c1-12-9-15-16(21(28)29)7-4-8-17(15)27(12)19-24-18(25-20(26-19)30-2)23-11-13-5-3-6-14(22)10-13/h3-10,28-29H,11H2,1-2H3,(H,23,24,25,26). The molecule has 0 fully saturated rings. The summed E-state index contributed by atoms with van der Waals surface area (Å²) in [6, 6.07) is 13.4. The van der Waals surface area contributed by atoms with Crippen molar-refractivity contribution in [2.24, 2.45) is 0 Å². The molecule has 4 aromatic rings. The van der Waals surface area contributed by atoms with Crippen LogP contribution in [0.15, 0.2) is 48.5 Å². The maximum absolute atomic E-state index is 13.4. The Morgan fingerprint density at radius 1 is 1.10 bits per heavy atom. The smallest absolute Gasteiger partial charge is 0.467 e. The van der Waals surface area contributed by atoms with Gasteiger partial charge in [0.25, 0.3) is 0 Å². The van der Waals surface area contributed by atoms with E-state index in [1.54, 1.807) is 28.8 Å². The van der Waals surface area contributed by atoms with Crippen molar-refractivity contribution in [2.45, 2.75) is 13.5 Å². The molecule has 0 amide bonds. The Hall–Kier alpha value is -3.50. The molecule has 4 rings (SSSR count). The number of anilines is 1. The summed E-state index contributed by atoms with van der Waals surface area (Å²) in [4.78, 5) is 13.0. The molecular weight excluding hydrogens is 388 g/mol. The third-order valence-corrected chi connectivity index (χ3v) is 4.67. The second-order valence-electron chi connectivity index (χ2n) is 6.70. The molecule has 0 aliphatic carbocycles. The van der Waals surface area contributed by atoms with Gasteiger partial charge >= 0.3 is 13.1 Å². The molecule has 0 unspecified atom stereocenters. The predicted molar refractivity (Wildman–Crippen MR) is 112 cm³/mol. The van der Waals surface area contributed by atoms with Crippen LogP contribution in [-0.2, 0) is 6.54 Å². The van der Waals surface area contributed by atoms with Crippen molar-refractivity contribution >= 4 is 29.4 Å². The number of nitrogens with zero attached hydrogens (tertiary/aromatic N) is 4. The minimum absolute atomic E-state index is 0.112. The van der Waals surface area contributed by atoms with E-state index < -0.39 is 7.12 Å². The van der Waals surface area contributed by atoms with Crippen LogP contribution in [0.4, 0.5) is 10.3 Å². The number of aromatic nitrogens is 4. The number of hydrogen-bond donors (Lipinski definition) is 3. The third-order valence-electron chi connectivity index (χ3n) is 4.67. The first-order valence-corrected chi connectivity index (χ1v) is 9.22. The van der Waals surface area contributed by atoms with E-state index in [1.165, 1.54) is 19.2 Å². The van der Waals surface area contributed by atoms with Gasteiger partial charge in [-0.15, -0.1) is 0 Å². The van der Waals surface area contributed by atoms with E-state index in [9.17, 15) is 14.4 Å². The lowest BCUT2D eigenvalue weighted by molar-refractivity contribution is 0.378. The number of ether oxygens (including phenoxy) is 1. The molecule has 152 valence electrons. The highest BCUT2D eigenvalue weighted by molar-refractivity contribution is 6.61. The summed E-state index contributed by atoms with van der Waals surface area (Å²) < 4.78 is 20.4. The molecule has 2 aromatic carbocycles. The largest absolute Gasteiger partial charge is 0.489 e. The molecular formula is C20H19BFN5O3. The van der Waals surface area contributed by atoms with Crippen molar-refractivity contribution in [1.82, 2.24) is 19.5 Å². The Morgan fingerprint density at radius 2 is 1.90 bits per heavy atom. The molecule has 0 aliphatic heterocycles. The van der Waals surface area contributed by atoms with Crippen LogP contribution in [0.1, 0.15) is 11.3 Å². The van der Waals surface area contributed by atoms with Crippen LogP contribution in [0.2, 0.25) is 0 Å². The number of methoxy groups -OCH3 is 1. The molecule has 3 N–H and O–H groups in total. The van der Waals surface area contributed by atoms with Crippen molar-refractivity contribution in [2.75, 3.05) is 12.4 Å². The van der Waals surface area contributed by atoms with Gasteiger partial charge in [0.15, 0.2) is 0 Å². The van der Waals surface area contributed by atoms with E-state index in [0.29, 0.717) is 28.9 Å². The summed E-state index contributed by atoms with van der Waals surface area (Å²) in [5, 5.41) is 23.1. The van der Waals surface area contributed by atoms with Crippen LogP contribution >= 0.6 is 0 Å². The van der Waals surface area contributed by atoms with Crippen LogP contribution < -0.4 is 15.5 Å². The Morgan fingerprint density at radius 3 is 2.63 bits per heavy atom. The molecule has 10 heteroatoms. The molecule has 8 nitrogen and oxygen atoms in total. The highest BCUT2D eigenvalue weighted by Gasteiger charge is 2.20. The first kappa shape index (κ1) is 19.8. The highest BCUT2D eigenvalue weighted by atomic mass is 19.1. The maximum Gasteiger partial charge on any atom is 0.489 e. The van der Waals surface area contributed by atoms with E-state index in [-0.39, 0.29) is 17.8 Å². The predicted octanol–water partition coefficient (Wildman–Crippen LogP) is 1.56. The van der Waals surface area contributed by atoms with Crippen LogP contribution in [0.25, 0.3) is 16.9 Å². The molecule has 0 saturated heterocycles. The zero-order valence-electron chi connectivity index (χ0n) is 16.4. The van der Waals surface area contributed by atoms with Gasteiger partial charge in [0.1, 0.15) is 5.82 Å². The van der Waals surface area contributed by atoms with Gasteiger partial charge in [-0.1, -0.05) is 24.3 Å². The van der Waals surface area contributed by atoms with Crippen molar-refractivity contribution in [1.29, 1.82) is 0 Å². The van der Waals surface area contributed by atoms with Crippen molar-refractivity contribution in [3.05, 3.63) is 65.6 Å². The second-order valence-corrected chi connectivity index (χ2v) is 6.70. The van der Waals surface area contributed by atoms with E-state index in [0.717, 1.165) is 11.3 Å². The Kier molecular flexibility index (Phi) is 5.34. The van der Waals surface area contributed by atoms with Crippen molar-refractivity contribution in [3.63, 3.8) is 0 Å². The van der Waals surface area contributed by atoms with Gasteiger partial charge in [0, 0.05) is 17.6 Å². The molecule has 0 aliphatic rings. The third kappa shape index (κ3) is 3.82. The van der Waals surface area contributed by atoms with Gasteiger partial charge in [0.05, 0.1) is 12.6 Å². The number of fused-ring (bicyclic) bond motifs is 1. The zero-order valence-corrected chi connectivity index (χ0v) is 16.4. The molecule has 0 spiro atoms. The topological polar surface area (TPSA) is 105 Å². The quantitative estimate of drug-likeness (QED) is 0.417. The number of nitrogens with one attached hydrogen (secondary N) is 1. The summed E-state index contributed by atoms with van der Waals surface area (Å²) >= 11 is 0. The normalized spacial score (nSPS) is 11.0. The Balaban J connectivity index is 1.75. The van der Waals surface area contributed by atoms with E-state index >= 15 is 0 Å². The fraction of sp³-hybridized carbons (Fsp3) is 0.150. The fourth-order valence-corrected chi connectivity index (χ4v) is 3.32. The summed E-state index contributed by atoms with van der Waals surface area (Å²) in [7, 11) is -0.142. The summed E-state index contributed by atoms with van der Waals surface area (Å²) in [6.45, 7) is 2.18. The SMILES string of the molecule is COc1nc(NCc2cccc(F)c2)nc(-n2c(C)cc3c(B(O)O)cccc32)n1. The first-order valence-electron chi connectivity index (χ1n) is 9.22. The van der Waals surface area contributed by atoms with Gasteiger partial charge in [-0.05, 0) is 42.2 Å². The molecule has 2 aromatic heterocycles. The van der Waals surface area contributed by atoms with Gasteiger partial charge in [-0.25, -0.2) is 4.39 Å². The number of halogens is 1. The van der Waals surface area contributed by atoms with Crippen LogP contribution in [-0.4, -0.2) is 43.8 Å². The van der Waals surface area contributed by atoms with Crippen LogP contribution in [0.5, 0.6) is 6.01 Å². The first-order chi connectivity index (χ1) is 14.5. The van der Waals surface area contributed by atoms with Gasteiger partial charge < -0.3 is 20.1 Å². The summed E-state index contributed by atoms with van der Waals surface area (Å²) in [5.74, 6) is 0.251. The lowest BCUT2D eigenvalue weighted by atomic mass is 9.78. The lowest BCUT2D eigenvalue weighted by Gasteiger charge is -2.11. The Labute approximate surface area is 172 Å². The van der Waals surface area contributed by atoms with Crippen molar-refractivity contribution < 1.29 is 19.2 Å². The molecule has 0 atom stereocenters. The van der Waals surface area contributed by atoms with Gasteiger partial charge in [0.2, 0.25) is 11.9 Å². The molecule has 0 radical (unpaired) electrons. The number of hydrogen-bond acceptors (Lipinski definition) is 7. The van der Waals surface area contributed by atoms with Crippen molar-refractivity contribution in [3.8, 4) is 12.0 Å². The number of aryl methyl sites for hydroxylation is 1. The number of rotatable bonds is 6. The number of benzene rings is 2. The van der Waals surface area contributed by atoms with Gasteiger partial charge in [-0.3, -0.25) is 4.57 Å². The average molecular weight is 407 g/mol. The van der Waals surface area contributed by atoms with Crippen LogP contribution in [0, 0.1) is 12.7 Å². The zero-order chi connectivity index (χ0) is 21.3. The van der Waals surface area contributed by atoms with Crippen LogP contribution in [0.3, 0.4) is 0 Å². The fourth-order valence-electron chi connectivity index (χ4n) is 3.32. The van der Waals surface area contributed by atoms with E-state index in [4.69, 9.17) is 4.74 Å². The molecule has 0 bridgehead atoms. The van der Waals surface area contributed by atoms with E-state index in [1.807, 2.05) is 19.1 Å². The monoisotopic (exact) mass is 407 g/mol. The summed E-state index contributed by atoms with van der Waals surface area (Å²) in [6.07, 6.45) is 0. The van der Waals surface area contributed by atoms with E-state index in [2.05, 4.69) is 20.3 Å². The minimum Gasteiger partial charge on any atom is -0.467 e. The molecule has 0 saturated carbocycles. The maximum atomic E-state index is 13.4. The molecule has 30 heavy (non-hydrogen) atoms. The average Bonchev–Trinajstić information content (AvgIpc) is 3.07. The molecule has 2 heterocycles. The highest BCUT2D eigenvalue weighted by Crippen LogP contribution is 2.23. The van der Waals surface area contributed by atoms with Gasteiger partial charge in [-0.2, -0.15) is 15.0 Å². The summed E-state index contributed by atoms with van der Waals surface area (Å²) in [5.41, 5.74) is 2.63. The minimum atomic E-state index is -1.60.